The number of rotatable bonds is 3. The van der Waals surface area contributed by atoms with Crippen LogP contribution < -0.4 is 5.32 Å². The maximum absolute atomic E-state index is 5.43. The van der Waals surface area contributed by atoms with E-state index in [1.54, 1.807) is 4.52 Å². The smallest absolute Gasteiger partial charge is 0.157 e. The van der Waals surface area contributed by atoms with E-state index in [2.05, 4.69) is 21.3 Å². The second-order valence-electron chi connectivity index (χ2n) is 3.72. The molecule has 16 heavy (non-hydrogen) atoms. The first-order valence-corrected chi connectivity index (χ1v) is 5.27. The number of anilines is 1. The molecule has 0 bridgehead atoms. The molecule has 0 saturated heterocycles. The van der Waals surface area contributed by atoms with E-state index in [0.717, 1.165) is 23.4 Å². The second kappa shape index (κ2) is 4.23. The van der Waals surface area contributed by atoms with Crippen molar-refractivity contribution in [3.05, 3.63) is 24.0 Å². The van der Waals surface area contributed by atoms with Crippen LogP contribution in [0.4, 0.5) is 5.82 Å². The fraction of sp³-hybridized carbons (Fsp3) is 0.333. The predicted molar refractivity (Wildman–Crippen MR) is 64.3 cm³/mol. The zero-order valence-electron chi connectivity index (χ0n) is 9.44. The number of pyridine rings is 1. The van der Waals surface area contributed by atoms with Gasteiger partial charge in [0.15, 0.2) is 5.65 Å². The van der Waals surface area contributed by atoms with Crippen molar-refractivity contribution in [2.45, 2.75) is 26.3 Å². The highest BCUT2D eigenvalue weighted by molar-refractivity contribution is 5.52. The summed E-state index contributed by atoms with van der Waals surface area (Å²) < 4.78 is 1.76. The van der Waals surface area contributed by atoms with E-state index in [9.17, 15) is 0 Å². The van der Waals surface area contributed by atoms with Gasteiger partial charge in [-0.1, -0.05) is 12.8 Å². The number of hydrogen-bond acceptors (Lipinski definition) is 3. The number of hydrogen-bond donors (Lipinski definition) is 1. The van der Waals surface area contributed by atoms with Gasteiger partial charge < -0.3 is 5.32 Å². The molecule has 1 unspecified atom stereocenters. The van der Waals surface area contributed by atoms with E-state index in [1.807, 2.05) is 26.0 Å². The average Bonchev–Trinajstić information content (AvgIpc) is 2.73. The number of aryl methyl sites for hydroxylation is 1. The summed E-state index contributed by atoms with van der Waals surface area (Å²) in [4.78, 5) is 4.16. The van der Waals surface area contributed by atoms with E-state index in [1.165, 1.54) is 6.33 Å². The van der Waals surface area contributed by atoms with Gasteiger partial charge in [-0.25, -0.2) is 4.98 Å². The standard InChI is InChI=1S/C12H14N4/c1-4-10(5-2)15-12-7-9(3)6-11-13-8-14-16(11)12/h1,6-8,10,15H,5H2,2-3H3. The van der Waals surface area contributed by atoms with Crippen LogP contribution in [0.25, 0.3) is 5.65 Å². The first-order chi connectivity index (χ1) is 7.74. The van der Waals surface area contributed by atoms with E-state index in [0.29, 0.717) is 0 Å². The van der Waals surface area contributed by atoms with Gasteiger partial charge in [0.05, 0.1) is 6.04 Å². The SMILES string of the molecule is C#CC(CC)Nc1cc(C)cc2ncnn12. The summed E-state index contributed by atoms with van der Waals surface area (Å²) in [7, 11) is 0. The van der Waals surface area contributed by atoms with Crippen molar-refractivity contribution in [1.29, 1.82) is 0 Å². The van der Waals surface area contributed by atoms with Crippen LogP contribution in [0.1, 0.15) is 18.9 Å². The average molecular weight is 214 g/mol. The summed E-state index contributed by atoms with van der Waals surface area (Å²) in [5.74, 6) is 3.59. The summed E-state index contributed by atoms with van der Waals surface area (Å²) in [5.41, 5.74) is 1.96. The zero-order chi connectivity index (χ0) is 11.5. The molecule has 0 fully saturated rings. The van der Waals surface area contributed by atoms with Gasteiger partial charge in [0, 0.05) is 0 Å². The largest absolute Gasteiger partial charge is 0.356 e. The minimum absolute atomic E-state index is 0.0224. The molecule has 0 amide bonds. The highest BCUT2D eigenvalue weighted by atomic mass is 15.3. The van der Waals surface area contributed by atoms with Crippen molar-refractivity contribution in [1.82, 2.24) is 14.6 Å². The van der Waals surface area contributed by atoms with E-state index in [-0.39, 0.29) is 6.04 Å². The Morgan fingerprint density at radius 2 is 2.38 bits per heavy atom. The summed E-state index contributed by atoms with van der Waals surface area (Å²) in [6, 6.07) is 4.02. The van der Waals surface area contributed by atoms with Crippen molar-refractivity contribution in [2.75, 3.05) is 5.32 Å². The van der Waals surface area contributed by atoms with E-state index < -0.39 is 0 Å². The van der Waals surface area contributed by atoms with Crippen molar-refractivity contribution in [3.8, 4) is 12.3 Å². The minimum atomic E-state index is 0.0224. The summed E-state index contributed by atoms with van der Waals surface area (Å²) in [6.45, 7) is 4.07. The third kappa shape index (κ3) is 1.84. The molecule has 0 saturated carbocycles. The topological polar surface area (TPSA) is 42.2 Å². The van der Waals surface area contributed by atoms with Crippen molar-refractivity contribution in [2.24, 2.45) is 0 Å². The van der Waals surface area contributed by atoms with Gasteiger partial charge >= 0.3 is 0 Å². The molecule has 0 radical (unpaired) electrons. The van der Waals surface area contributed by atoms with E-state index >= 15 is 0 Å². The van der Waals surface area contributed by atoms with Gasteiger partial charge in [-0.3, -0.25) is 0 Å². The van der Waals surface area contributed by atoms with Crippen molar-refractivity contribution in [3.63, 3.8) is 0 Å². The minimum Gasteiger partial charge on any atom is -0.356 e. The summed E-state index contributed by atoms with van der Waals surface area (Å²) in [5, 5.41) is 7.43. The first-order valence-electron chi connectivity index (χ1n) is 5.27. The first kappa shape index (κ1) is 10.5. The molecule has 4 heteroatoms. The lowest BCUT2D eigenvalue weighted by atomic mass is 10.2. The van der Waals surface area contributed by atoms with Crippen LogP contribution in [0.5, 0.6) is 0 Å². The molecule has 0 aliphatic carbocycles. The fourth-order valence-electron chi connectivity index (χ4n) is 1.60. The maximum atomic E-state index is 5.43. The van der Waals surface area contributed by atoms with Crippen LogP contribution in [0, 0.1) is 19.3 Å². The normalized spacial score (nSPS) is 12.3. The Labute approximate surface area is 94.7 Å². The Morgan fingerprint density at radius 3 is 3.06 bits per heavy atom. The summed E-state index contributed by atoms with van der Waals surface area (Å²) in [6.07, 6.45) is 7.84. The van der Waals surface area contributed by atoms with Crippen LogP contribution in [-0.4, -0.2) is 20.6 Å². The zero-order valence-corrected chi connectivity index (χ0v) is 9.44. The molecule has 0 aliphatic heterocycles. The number of fused-ring (bicyclic) bond motifs is 1. The number of aromatic nitrogens is 3. The van der Waals surface area contributed by atoms with Gasteiger partial charge in [-0.15, -0.1) is 6.42 Å². The fourth-order valence-corrected chi connectivity index (χ4v) is 1.60. The van der Waals surface area contributed by atoms with Crippen LogP contribution >= 0.6 is 0 Å². The van der Waals surface area contributed by atoms with Gasteiger partial charge in [0.2, 0.25) is 0 Å². The van der Waals surface area contributed by atoms with Gasteiger partial charge in [-0.05, 0) is 31.0 Å². The maximum Gasteiger partial charge on any atom is 0.157 e. The highest BCUT2D eigenvalue weighted by Crippen LogP contribution is 2.14. The molecule has 2 heterocycles. The van der Waals surface area contributed by atoms with Crippen LogP contribution in [0.2, 0.25) is 0 Å². The van der Waals surface area contributed by atoms with E-state index in [4.69, 9.17) is 6.42 Å². The molecule has 2 aromatic heterocycles. The molecular weight excluding hydrogens is 200 g/mol. The lowest BCUT2D eigenvalue weighted by Gasteiger charge is -2.13. The predicted octanol–water partition coefficient (Wildman–Crippen LogP) is 1.86. The van der Waals surface area contributed by atoms with Gasteiger partial charge in [0.25, 0.3) is 0 Å². The lowest BCUT2D eigenvalue weighted by Crippen LogP contribution is -2.18. The Morgan fingerprint density at radius 1 is 1.56 bits per heavy atom. The molecule has 0 aliphatic rings. The Balaban J connectivity index is 2.43. The molecule has 2 aromatic rings. The molecule has 0 spiro atoms. The number of nitrogens with one attached hydrogen (secondary N) is 1. The third-order valence-corrected chi connectivity index (χ3v) is 2.46. The molecular formula is C12H14N4. The monoisotopic (exact) mass is 214 g/mol. The molecule has 1 atom stereocenters. The molecule has 4 nitrogen and oxygen atoms in total. The Bertz CT molecular complexity index is 535. The molecule has 0 aromatic carbocycles. The van der Waals surface area contributed by atoms with Gasteiger partial charge in [0.1, 0.15) is 12.1 Å². The van der Waals surface area contributed by atoms with Crippen LogP contribution in [0.3, 0.4) is 0 Å². The third-order valence-electron chi connectivity index (χ3n) is 2.46. The summed E-state index contributed by atoms with van der Waals surface area (Å²) >= 11 is 0. The number of terminal acetylenes is 1. The lowest BCUT2D eigenvalue weighted by molar-refractivity contribution is 0.831. The Kier molecular flexibility index (Phi) is 2.78. The van der Waals surface area contributed by atoms with Crippen molar-refractivity contribution < 1.29 is 0 Å². The number of nitrogens with zero attached hydrogens (tertiary/aromatic N) is 3. The second-order valence-corrected chi connectivity index (χ2v) is 3.72. The van der Waals surface area contributed by atoms with Gasteiger partial charge in [-0.2, -0.15) is 9.61 Å². The highest BCUT2D eigenvalue weighted by Gasteiger charge is 2.07. The quantitative estimate of drug-likeness (QED) is 0.793. The van der Waals surface area contributed by atoms with Crippen LogP contribution in [0.15, 0.2) is 18.5 Å². The van der Waals surface area contributed by atoms with Crippen molar-refractivity contribution >= 4 is 11.5 Å². The molecule has 82 valence electrons. The Hall–Kier alpha value is -2.02. The van der Waals surface area contributed by atoms with Crippen LogP contribution in [-0.2, 0) is 0 Å². The molecule has 1 N–H and O–H groups in total. The molecule has 2 rings (SSSR count).